The van der Waals surface area contributed by atoms with Gasteiger partial charge in [-0.1, -0.05) is 54.1 Å². The number of imidazole rings is 1. The zero-order valence-electron chi connectivity index (χ0n) is 19.3. The highest BCUT2D eigenvalue weighted by molar-refractivity contribution is 6.30. The van der Waals surface area contributed by atoms with Gasteiger partial charge in [0.1, 0.15) is 5.82 Å². The molecule has 3 aromatic carbocycles. The van der Waals surface area contributed by atoms with Gasteiger partial charge in [0.15, 0.2) is 0 Å². The molecule has 4 aromatic rings. The summed E-state index contributed by atoms with van der Waals surface area (Å²) in [5.74, 6) is 0.327. The summed E-state index contributed by atoms with van der Waals surface area (Å²) in [5, 5.41) is 3.82. The number of aromatic nitrogens is 2. The number of benzene rings is 3. The first kappa shape index (κ1) is 23.1. The highest BCUT2D eigenvalue weighted by Crippen LogP contribution is 2.24. The molecule has 2 atom stereocenters. The van der Waals surface area contributed by atoms with E-state index in [-0.39, 0.29) is 23.8 Å². The molecule has 178 valence electrons. The molecule has 1 aliphatic heterocycles. The van der Waals surface area contributed by atoms with Crippen molar-refractivity contribution < 1.29 is 9.59 Å². The molecular formula is C28H27ClN4O2. The van der Waals surface area contributed by atoms with Crippen molar-refractivity contribution in [2.45, 2.75) is 25.3 Å². The Morgan fingerprint density at radius 3 is 2.54 bits per heavy atom. The number of para-hydroxylation sites is 2. The second-order valence-corrected chi connectivity index (χ2v) is 9.42. The Balaban J connectivity index is 1.33. The van der Waals surface area contributed by atoms with Crippen molar-refractivity contribution in [3.8, 4) is 0 Å². The number of H-pyrrole nitrogens is 1. The van der Waals surface area contributed by atoms with Crippen LogP contribution >= 0.6 is 11.6 Å². The third kappa shape index (κ3) is 5.38. The fourth-order valence-electron chi connectivity index (χ4n) is 4.64. The van der Waals surface area contributed by atoms with Crippen LogP contribution in [0.15, 0.2) is 78.9 Å². The highest BCUT2D eigenvalue weighted by atomic mass is 35.5. The molecule has 0 radical (unpaired) electrons. The van der Waals surface area contributed by atoms with Crippen LogP contribution in [0.2, 0.25) is 5.02 Å². The summed E-state index contributed by atoms with van der Waals surface area (Å²) in [6.07, 6.45) is 2.15. The fraction of sp³-hybridized carbons (Fsp3) is 0.250. The number of nitrogens with one attached hydrogen (secondary N) is 2. The summed E-state index contributed by atoms with van der Waals surface area (Å²) in [4.78, 5) is 36.3. The summed E-state index contributed by atoms with van der Waals surface area (Å²) in [5.41, 5.74) is 3.50. The second kappa shape index (κ2) is 10.3. The fourth-order valence-corrected chi connectivity index (χ4v) is 4.77. The monoisotopic (exact) mass is 486 g/mol. The minimum absolute atomic E-state index is 0.0556. The lowest BCUT2D eigenvalue weighted by Gasteiger charge is -2.33. The molecule has 1 aromatic heterocycles. The van der Waals surface area contributed by atoms with E-state index in [0.29, 0.717) is 30.1 Å². The molecule has 0 aliphatic carbocycles. The Kier molecular flexibility index (Phi) is 6.82. The van der Waals surface area contributed by atoms with E-state index in [4.69, 9.17) is 16.6 Å². The summed E-state index contributed by atoms with van der Waals surface area (Å²) >= 11 is 5.96. The number of rotatable bonds is 6. The topological polar surface area (TPSA) is 78.1 Å². The lowest BCUT2D eigenvalue weighted by Crippen LogP contribution is -2.46. The van der Waals surface area contributed by atoms with Crippen molar-refractivity contribution in [1.29, 1.82) is 0 Å². The molecular weight excluding hydrogens is 460 g/mol. The number of amides is 2. The van der Waals surface area contributed by atoms with Gasteiger partial charge in [-0.05, 0) is 61.2 Å². The van der Waals surface area contributed by atoms with Gasteiger partial charge in [-0.15, -0.1) is 0 Å². The van der Waals surface area contributed by atoms with Gasteiger partial charge in [0, 0.05) is 23.7 Å². The number of hydrogen-bond acceptors (Lipinski definition) is 3. The van der Waals surface area contributed by atoms with Crippen LogP contribution in [0.3, 0.4) is 0 Å². The Bertz CT molecular complexity index is 1290. The molecule has 2 unspecified atom stereocenters. The molecule has 1 saturated heterocycles. The molecule has 35 heavy (non-hydrogen) atoms. The summed E-state index contributed by atoms with van der Waals surface area (Å²) in [6, 6.07) is 24.5. The van der Waals surface area contributed by atoms with Crippen molar-refractivity contribution in [1.82, 2.24) is 20.2 Å². The standard InChI is InChI=1S/C28H27ClN4O2/c29-22-14-12-20(13-15-22)28(35)33-16-6-9-21(18-33)27(34)32-25(17-19-7-2-1-3-8-19)26-30-23-10-4-5-11-24(23)31-26/h1-5,7-8,10-15,21,25H,6,9,16-18H2,(H,30,31)(H,32,34). The van der Waals surface area contributed by atoms with Crippen molar-refractivity contribution in [2.75, 3.05) is 13.1 Å². The molecule has 2 amide bonds. The second-order valence-electron chi connectivity index (χ2n) is 8.99. The van der Waals surface area contributed by atoms with Crippen LogP contribution < -0.4 is 5.32 Å². The first-order valence-electron chi connectivity index (χ1n) is 11.9. The van der Waals surface area contributed by atoms with Gasteiger partial charge < -0.3 is 15.2 Å². The number of hydrogen-bond donors (Lipinski definition) is 2. The molecule has 6 nitrogen and oxygen atoms in total. The normalized spacial score (nSPS) is 16.7. The van der Waals surface area contributed by atoms with Gasteiger partial charge >= 0.3 is 0 Å². The van der Waals surface area contributed by atoms with Crippen molar-refractivity contribution >= 4 is 34.4 Å². The Morgan fingerprint density at radius 2 is 1.77 bits per heavy atom. The number of carbonyl (C=O) groups is 2. The molecule has 2 N–H and O–H groups in total. The number of carbonyl (C=O) groups excluding carboxylic acids is 2. The van der Waals surface area contributed by atoms with Crippen LogP contribution in [0.5, 0.6) is 0 Å². The molecule has 1 fully saturated rings. The third-order valence-electron chi connectivity index (χ3n) is 6.51. The van der Waals surface area contributed by atoms with Gasteiger partial charge in [-0.25, -0.2) is 4.98 Å². The minimum Gasteiger partial charge on any atom is -0.346 e. The van der Waals surface area contributed by atoms with Crippen molar-refractivity contribution in [2.24, 2.45) is 5.92 Å². The minimum atomic E-state index is -0.306. The maximum atomic E-state index is 13.4. The first-order chi connectivity index (χ1) is 17.1. The average Bonchev–Trinajstić information content (AvgIpc) is 3.33. The summed E-state index contributed by atoms with van der Waals surface area (Å²) < 4.78 is 0. The number of fused-ring (bicyclic) bond motifs is 1. The molecule has 0 bridgehead atoms. The largest absolute Gasteiger partial charge is 0.346 e. The van der Waals surface area contributed by atoms with Gasteiger partial charge in [-0.3, -0.25) is 9.59 Å². The zero-order valence-corrected chi connectivity index (χ0v) is 20.0. The van der Waals surface area contributed by atoms with Gasteiger partial charge in [0.25, 0.3) is 5.91 Å². The summed E-state index contributed by atoms with van der Waals surface area (Å²) in [7, 11) is 0. The SMILES string of the molecule is O=C(NC(Cc1ccccc1)c1nc2ccccc2[nH]1)C1CCCN(C(=O)c2ccc(Cl)cc2)C1. The smallest absolute Gasteiger partial charge is 0.253 e. The maximum Gasteiger partial charge on any atom is 0.253 e. The molecule has 2 heterocycles. The Hall–Kier alpha value is -3.64. The van der Waals surface area contributed by atoms with Crippen molar-refractivity contribution in [3.63, 3.8) is 0 Å². The number of likely N-dealkylation sites (tertiary alicyclic amines) is 1. The van der Waals surface area contributed by atoms with Crippen molar-refractivity contribution in [3.05, 3.63) is 101 Å². The lowest BCUT2D eigenvalue weighted by atomic mass is 9.95. The predicted octanol–water partition coefficient (Wildman–Crippen LogP) is 5.17. The average molecular weight is 487 g/mol. The molecule has 0 saturated carbocycles. The van der Waals surface area contributed by atoms with Gasteiger partial charge in [0.2, 0.25) is 5.91 Å². The van der Waals surface area contributed by atoms with Crippen LogP contribution in [-0.4, -0.2) is 39.8 Å². The Morgan fingerprint density at radius 1 is 1.03 bits per heavy atom. The quantitative estimate of drug-likeness (QED) is 0.394. The van der Waals surface area contributed by atoms with E-state index in [1.54, 1.807) is 29.2 Å². The highest BCUT2D eigenvalue weighted by Gasteiger charge is 2.31. The molecule has 0 spiro atoms. The van der Waals surface area contributed by atoms with Gasteiger partial charge in [0.05, 0.1) is 23.0 Å². The number of halogens is 1. The third-order valence-corrected chi connectivity index (χ3v) is 6.76. The van der Waals surface area contributed by atoms with Crippen LogP contribution in [0.4, 0.5) is 0 Å². The Labute approximate surface area is 209 Å². The van der Waals surface area contributed by atoms with E-state index in [0.717, 1.165) is 35.3 Å². The number of nitrogens with zero attached hydrogens (tertiary/aromatic N) is 2. The number of aromatic amines is 1. The maximum absolute atomic E-state index is 13.4. The van der Waals surface area contributed by atoms with Crippen LogP contribution in [-0.2, 0) is 11.2 Å². The van der Waals surface area contributed by atoms with E-state index in [9.17, 15) is 9.59 Å². The van der Waals surface area contributed by atoms with E-state index in [2.05, 4.69) is 22.4 Å². The summed E-state index contributed by atoms with van der Waals surface area (Å²) in [6.45, 7) is 1.04. The van der Waals surface area contributed by atoms with E-state index < -0.39 is 0 Å². The van der Waals surface area contributed by atoms with E-state index in [1.165, 1.54) is 0 Å². The van der Waals surface area contributed by atoms with Gasteiger partial charge in [-0.2, -0.15) is 0 Å². The van der Waals surface area contributed by atoms with Crippen LogP contribution in [0, 0.1) is 5.92 Å². The van der Waals surface area contributed by atoms with E-state index >= 15 is 0 Å². The zero-order chi connectivity index (χ0) is 24.2. The lowest BCUT2D eigenvalue weighted by molar-refractivity contribution is -0.127. The first-order valence-corrected chi connectivity index (χ1v) is 12.3. The molecule has 7 heteroatoms. The van der Waals surface area contributed by atoms with E-state index in [1.807, 2.05) is 42.5 Å². The van der Waals surface area contributed by atoms with Crippen LogP contribution in [0.1, 0.15) is 40.6 Å². The van der Waals surface area contributed by atoms with Crippen LogP contribution in [0.25, 0.3) is 11.0 Å². The predicted molar refractivity (Wildman–Crippen MR) is 137 cm³/mol. The number of piperidine rings is 1. The molecule has 1 aliphatic rings. The molecule has 5 rings (SSSR count).